The minimum Gasteiger partial charge on any atom is -0.393 e. The molecule has 0 saturated heterocycles. The number of nitrogens with two attached hydrogens (primary N) is 1. The lowest BCUT2D eigenvalue weighted by Crippen LogP contribution is -2.33. The van der Waals surface area contributed by atoms with Crippen LogP contribution < -0.4 is 11.1 Å². The third-order valence-electron chi connectivity index (χ3n) is 1.87. The van der Waals surface area contributed by atoms with E-state index in [0.717, 1.165) is 0 Å². The summed E-state index contributed by atoms with van der Waals surface area (Å²) in [5, 5.41) is 2.55. The van der Waals surface area contributed by atoms with Gasteiger partial charge in [-0.1, -0.05) is 19.1 Å². The second kappa shape index (κ2) is 5.35. The average molecular weight is 224 g/mol. The molecular weight excluding hydrogens is 212 g/mol. The lowest BCUT2D eigenvalue weighted by molar-refractivity contribution is -0.118. The molecule has 0 aliphatic rings. The van der Waals surface area contributed by atoms with Crippen LogP contribution in [0.4, 0.5) is 5.95 Å². The smallest absolute Gasteiger partial charge is 0.236 e. The highest BCUT2D eigenvalue weighted by atomic mass is 32.1. The van der Waals surface area contributed by atoms with E-state index in [2.05, 4.69) is 15.3 Å². The number of anilines is 1. The van der Waals surface area contributed by atoms with Crippen molar-refractivity contribution in [2.45, 2.75) is 13.3 Å². The number of nitrogens with zero attached hydrogens (tertiary/aromatic N) is 2. The van der Waals surface area contributed by atoms with E-state index >= 15 is 0 Å². The zero-order valence-corrected chi connectivity index (χ0v) is 9.12. The van der Waals surface area contributed by atoms with Crippen LogP contribution in [0.5, 0.6) is 0 Å². The zero-order valence-electron chi connectivity index (χ0n) is 8.30. The largest absolute Gasteiger partial charge is 0.393 e. The van der Waals surface area contributed by atoms with Crippen LogP contribution in [-0.4, -0.2) is 20.9 Å². The van der Waals surface area contributed by atoms with Gasteiger partial charge in [0, 0.05) is 12.4 Å². The number of carbonyl (C=O) groups is 1. The molecule has 0 fully saturated rings. The van der Waals surface area contributed by atoms with Crippen molar-refractivity contribution < 1.29 is 4.79 Å². The monoisotopic (exact) mass is 224 g/mol. The quantitative estimate of drug-likeness (QED) is 0.737. The first-order valence-corrected chi connectivity index (χ1v) is 4.93. The SMILES string of the molecule is CCC(C(=O)Nc1ncccn1)C(N)=S. The summed E-state index contributed by atoms with van der Waals surface area (Å²) in [6.45, 7) is 1.84. The second-order valence-electron chi connectivity index (χ2n) is 2.92. The van der Waals surface area contributed by atoms with Gasteiger partial charge in [0.05, 0.1) is 10.9 Å². The van der Waals surface area contributed by atoms with E-state index in [9.17, 15) is 4.79 Å². The fourth-order valence-corrected chi connectivity index (χ4v) is 1.35. The minimum atomic E-state index is -0.469. The van der Waals surface area contributed by atoms with E-state index in [-0.39, 0.29) is 16.8 Å². The molecular formula is C9H12N4OS. The van der Waals surface area contributed by atoms with Crippen LogP contribution in [0, 0.1) is 5.92 Å². The number of carbonyl (C=O) groups excluding carboxylic acids is 1. The Balaban J connectivity index is 2.66. The molecule has 1 aromatic heterocycles. The third kappa shape index (κ3) is 3.25. The predicted octanol–water partition coefficient (Wildman–Crippen LogP) is 0.727. The topological polar surface area (TPSA) is 80.9 Å². The van der Waals surface area contributed by atoms with Crippen LogP contribution in [0.2, 0.25) is 0 Å². The molecule has 0 radical (unpaired) electrons. The van der Waals surface area contributed by atoms with E-state index in [4.69, 9.17) is 18.0 Å². The van der Waals surface area contributed by atoms with E-state index in [1.54, 1.807) is 18.5 Å². The number of amides is 1. The Kier molecular flexibility index (Phi) is 4.11. The van der Waals surface area contributed by atoms with Crippen molar-refractivity contribution in [1.82, 2.24) is 9.97 Å². The molecule has 1 rings (SSSR count). The van der Waals surface area contributed by atoms with Gasteiger partial charge in [-0.15, -0.1) is 0 Å². The molecule has 5 nitrogen and oxygen atoms in total. The Morgan fingerprint density at radius 2 is 2.20 bits per heavy atom. The lowest BCUT2D eigenvalue weighted by Gasteiger charge is -2.11. The van der Waals surface area contributed by atoms with Crippen molar-refractivity contribution in [2.75, 3.05) is 5.32 Å². The van der Waals surface area contributed by atoms with Crippen molar-refractivity contribution in [3.8, 4) is 0 Å². The molecule has 3 N–H and O–H groups in total. The highest BCUT2D eigenvalue weighted by Crippen LogP contribution is 2.06. The number of rotatable bonds is 4. The maximum absolute atomic E-state index is 11.6. The zero-order chi connectivity index (χ0) is 11.3. The first kappa shape index (κ1) is 11.5. The number of nitrogens with one attached hydrogen (secondary N) is 1. The van der Waals surface area contributed by atoms with Crippen LogP contribution in [0.1, 0.15) is 13.3 Å². The van der Waals surface area contributed by atoms with Gasteiger partial charge in [-0.05, 0) is 12.5 Å². The molecule has 0 saturated carbocycles. The van der Waals surface area contributed by atoms with E-state index < -0.39 is 5.92 Å². The number of hydrogen-bond donors (Lipinski definition) is 2. The standard InChI is InChI=1S/C9H12N4OS/c1-2-6(7(10)15)8(14)13-9-11-4-3-5-12-9/h3-6H,2H2,1H3,(H2,10,15)(H,11,12,13,14). The van der Waals surface area contributed by atoms with E-state index in [0.29, 0.717) is 6.42 Å². The number of aromatic nitrogens is 2. The Morgan fingerprint density at radius 3 is 2.67 bits per heavy atom. The molecule has 1 aromatic rings. The van der Waals surface area contributed by atoms with Gasteiger partial charge >= 0.3 is 0 Å². The van der Waals surface area contributed by atoms with Crippen molar-refractivity contribution >= 4 is 29.1 Å². The average Bonchev–Trinajstić information content (AvgIpc) is 2.19. The summed E-state index contributed by atoms with van der Waals surface area (Å²) in [6.07, 6.45) is 3.66. The molecule has 15 heavy (non-hydrogen) atoms. The fourth-order valence-electron chi connectivity index (χ4n) is 1.08. The molecule has 1 unspecified atom stereocenters. The molecule has 1 heterocycles. The first-order valence-electron chi connectivity index (χ1n) is 4.52. The summed E-state index contributed by atoms with van der Waals surface area (Å²) in [5.74, 6) is -0.475. The molecule has 6 heteroatoms. The van der Waals surface area contributed by atoms with Crippen molar-refractivity contribution in [1.29, 1.82) is 0 Å². The third-order valence-corrected chi connectivity index (χ3v) is 2.15. The van der Waals surface area contributed by atoms with Crippen LogP contribution in [0.25, 0.3) is 0 Å². The first-order chi connectivity index (χ1) is 7.15. The maximum Gasteiger partial charge on any atom is 0.236 e. The van der Waals surface area contributed by atoms with E-state index in [1.807, 2.05) is 6.92 Å². The predicted molar refractivity (Wildman–Crippen MR) is 61.2 cm³/mol. The summed E-state index contributed by atoms with van der Waals surface area (Å²) >= 11 is 4.78. The minimum absolute atomic E-state index is 0.186. The summed E-state index contributed by atoms with van der Waals surface area (Å²) in [6, 6.07) is 1.67. The highest BCUT2D eigenvalue weighted by molar-refractivity contribution is 7.80. The molecule has 1 amide bonds. The van der Waals surface area contributed by atoms with Crippen molar-refractivity contribution in [2.24, 2.45) is 11.7 Å². The van der Waals surface area contributed by atoms with Gasteiger partial charge in [-0.25, -0.2) is 9.97 Å². The van der Waals surface area contributed by atoms with Crippen LogP contribution in [0.15, 0.2) is 18.5 Å². The molecule has 1 atom stereocenters. The molecule has 0 aromatic carbocycles. The molecule has 0 aliphatic heterocycles. The highest BCUT2D eigenvalue weighted by Gasteiger charge is 2.19. The Morgan fingerprint density at radius 1 is 1.60 bits per heavy atom. The second-order valence-corrected chi connectivity index (χ2v) is 3.40. The Labute approximate surface area is 93.1 Å². The van der Waals surface area contributed by atoms with Crippen molar-refractivity contribution in [3.05, 3.63) is 18.5 Å². The Bertz CT molecular complexity index is 354. The lowest BCUT2D eigenvalue weighted by atomic mass is 10.1. The normalized spacial score (nSPS) is 11.8. The van der Waals surface area contributed by atoms with Gasteiger partial charge in [-0.3, -0.25) is 10.1 Å². The Hall–Kier alpha value is -1.56. The van der Waals surface area contributed by atoms with Gasteiger partial charge < -0.3 is 5.73 Å². The van der Waals surface area contributed by atoms with Crippen LogP contribution in [-0.2, 0) is 4.79 Å². The van der Waals surface area contributed by atoms with Gasteiger partial charge in [0.25, 0.3) is 0 Å². The molecule has 80 valence electrons. The summed E-state index contributed by atoms with van der Waals surface area (Å²) in [7, 11) is 0. The maximum atomic E-state index is 11.6. The molecule has 0 bridgehead atoms. The molecule has 0 aliphatic carbocycles. The summed E-state index contributed by atoms with van der Waals surface area (Å²) in [4.78, 5) is 19.5. The van der Waals surface area contributed by atoms with Gasteiger partial charge in [-0.2, -0.15) is 0 Å². The molecule has 0 spiro atoms. The van der Waals surface area contributed by atoms with Gasteiger partial charge in [0.2, 0.25) is 11.9 Å². The van der Waals surface area contributed by atoms with Gasteiger partial charge in [0.15, 0.2) is 0 Å². The summed E-state index contributed by atoms with van der Waals surface area (Å²) < 4.78 is 0. The summed E-state index contributed by atoms with van der Waals surface area (Å²) in [5.41, 5.74) is 5.43. The number of hydrogen-bond acceptors (Lipinski definition) is 4. The fraction of sp³-hybridized carbons (Fsp3) is 0.333. The van der Waals surface area contributed by atoms with Gasteiger partial charge in [0.1, 0.15) is 0 Å². The van der Waals surface area contributed by atoms with Crippen molar-refractivity contribution in [3.63, 3.8) is 0 Å². The van der Waals surface area contributed by atoms with E-state index in [1.165, 1.54) is 0 Å². The van der Waals surface area contributed by atoms with Crippen LogP contribution in [0.3, 0.4) is 0 Å². The number of thiocarbonyl (C=S) groups is 1. The van der Waals surface area contributed by atoms with Crippen LogP contribution >= 0.6 is 12.2 Å².